The molecule has 6 rings (SSSR count). The molecule has 3 aromatic carbocycles. The lowest BCUT2D eigenvalue weighted by atomic mass is 10.0. The zero-order valence-electron chi connectivity index (χ0n) is 22.9. The number of benzene rings is 3. The molecule has 3 aromatic heterocycles. The summed E-state index contributed by atoms with van der Waals surface area (Å²) in [5, 5.41) is 6.37. The van der Waals surface area contributed by atoms with Gasteiger partial charge in [-0.15, -0.1) is 0 Å². The number of carbonyl (C=O) groups excluding carboxylic acids is 1. The molecule has 0 amide bonds. The van der Waals surface area contributed by atoms with Crippen LogP contribution < -0.4 is 10.5 Å². The number of aryl methyl sites for hydroxylation is 1. The molecular weight excluding hydrogens is 571 g/mol. The molecule has 0 aliphatic rings. The Labute approximate surface area is 247 Å². The van der Waals surface area contributed by atoms with Gasteiger partial charge in [0.25, 0.3) is 0 Å². The molecule has 0 aliphatic carbocycles. The fraction of sp³-hybridized carbons (Fsp3) is 0.161. The summed E-state index contributed by atoms with van der Waals surface area (Å²) in [5.41, 5.74) is 10.1. The maximum Gasteiger partial charge on any atom is 0.355 e. The van der Waals surface area contributed by atoms with E-state index in [4.69, 9.17) is 10.5 Å². The SMILES string of the molecule is Cn1ccnc1COC(=O)c1cc2ccc(CN)cc2n1Cc1cc(NS(=O)(=O)Cc2ccsc2)cc2ccccc12. The molecule has 0 saturated carbocycles. The number of ether oxygens (including phenoxy) is 1. The molecule has 0 fully saturated rings. The third-order valence-corrected chi connectivity index (χ3v) is 9.15. The first-order valence-electron chi connectivity index (χ1n) is 13.3. The summed E-state index contributed by atoms with van der Waals surface area (Å²) >= 11 is 1.46. The molecule has 0 unspecified atom stereocenters. The molecule has 0 saturated heterocycles. The first-order chi connectivity index (χ1) is 20.3. The van der Waals surface area contributed by atoms with Gasteiger partial charge in [-0.25, -0.2) is 18.2 Å². The van der Waals surface area contributed by atoms with Gasteiger partial charge in [-0.1, -0.05) is 36.4 Å². The highest BCUT2D eigenvalue weighted by atomic mass is 32.2. The minimum Gasteiger partial charge on any atom is -0.453 e. The summed E-state index contributed by atoms with van der Waals surface area (Å²) in [7, 11) is -1.81. The zero-order chi connectivity index (χ0) is 29.3. The van der Waals surface area contributed by atoms with Crippen molar-refractivity contribution in [3.05, 3.63) is 118 Å². The van der Waals surface area contributed by atoms with Crippen LogP contribution in [0.25, 0.3) is 21.7 Å². The Morgan fingerprint density at radius 2 is 1.90 bits per heavy atom. The number of carbonyl (C=O) groups is 1. The molecular formula is C31H29N5O4S2. The normalized spacial score (nSPS) is 11.8. The van der Waals surface area contributed by atoms with Gasteiger partial charge >= 0.3 is 5.97 Å². The number of esters is 1. The van der Waals surface area contributed by atoms with E-state index < -0.39 is 16.0 Å². The minimum atomic E-state index is -3.65. The van der Waals surface area contributed by atoms with Crippen LogP contribution in [0.5, 0.6) is 0 Å². The molecule has 0 spiro atoms. The van der Waals surface area contributed by atoms with E-state index in [0.29, 0.717) is 30.3 Å². The van der Waals surface area contributed by atoms with Gasteiger partial charge in [0.2, 0.25) is 10.0 Å². The Hall–Kier alpha value is -4.45. The van der Waals surface area contributed by atoms with Gasteiger partial charge in [-0.2, -0.15) is 11.3 Å². The number of nitrogens with one attached hydrogen (secondary N) is 1. The number of nitrogens with zero attached hydrogens (tertiary/aromatic N) is 3. The fourth-order valence-electron chi connectivity index (χ4n) is 5.07. The Morgan fingerprint density at radius 1 is 1.05 bits per heavy atom. The molecule has 0 radical (unpaired) electrons. The molecule has 42 heavy (non-hydrogen) atoms. The highest BCUT2D eigenvalue weighted by Gasteiger charge is 2.20. The van der Waals surface area contributed by atoms with E-state index in [1.165, 1.54) is 11.3 Å². The third kappa shape index (κ3) is 5.80. The van der Waals surface area contributed by atoms with Crippen LogP contribution >= 0.6 is 11.3 Å². The molecule has 3 heterocycles. The largest absolute Gasteiger partial charge is 0.453 e. The third-order valence-electron chi connectivity index (χ3n) is 7.15. The van der Waals surface area contributed by atoms with Crippen molar-refractivity contribution in [2.45, 2.75) is 25.4 Å². The Morgan fingerprint density at radius 3 is 2.67 bits per heavy atom. The van der Waals surface area contributed by atoms with Crippen molar-refractivity contribution in [3.63, 3.8) is 0 Å². The van der Waals surface area contributed by atoms with E-state index in [0.717, 1.165) is 38.4 Å². The van der Waals surface area contributed by atoms with E-state index in [2.05, 4.69) is 9.71 Å². The summed E-state index contributed by atoms with van der Waals surface area (Å²) in [4.78, 5) is 17.7. The summed E-state index contributed by atoms with van der Waals surface area (Å²) in [6.07, 6.45) is 3.45. The van der Waals surface area contributed by atoms with Crippen molar-refractivity contribution < 1.29 is 17.9 Å². The average molecular weight is 600 g/mol. The highest BCUT2D eigenvalue weighted by Crippen LogP contribution is 2.29. The molecule has 214 valence electrons. The van der Waals surface area contributed by atoms with Crippen molar-refractivity contribution in [2.24, 2.45) is 12.8 Å². The molecule has 9 nitrogen and oxygen atoms in total. The minimum absolute atomic E-state index is 0.0300. The number of thiophene rings is 1. The number of aromatic nitrogens is 3. The number of imidazole rings is 1. The van der Waals surface area contributed by atoms with Gasteiger partial charge in [0.15, 0.2) is 0 Å². The number of anilines is 1. The number of rotatable bonds is 10. The second-order valence-corrected chi connectivity index (χ2v) is 12.6. The standard InChI is InChI=1S/C31H29N5O4S2/c1-35-10-9-33-30(35)18-40-31(37)29-15-24-7-6-21(16-32)12-28(24)36(29)17-25-14-26(13-23-4-2-3-5-27(23)25)34-42(38,39)20-22-8-11-41-19-22/h2-15,19,34H,16-18,20,32H2,1H3. The molecule has 0 bridgehead atoms. The smallest absolute Gasteiger partial charge is 0.355 e. The van der Waals surface area contributed by atoms with Crippen LogP contribution in [0.3, 0.4) is 0 Å². The van der Waals surface area contributed by atoms with E-state index >= 15 is 0 Å². The van der Waals surface area contributed by atoms with Gasteiger partial charge < -0.3 is 19.6 Å². The van der Waals surface area contributed by atoms with Gasteiger partial charge in [0.05, 0.1) is 5.75 Å². The van der Waals surface area contributed by atoms with Crippen LogP contribution in [-0.2, 0) is 47.3 Å². The zero-order valence-corrected chi connectivity index (χ0v) is 24.5. The van der Waals surface area contributed by atoms with Crippen molar-refractivity contribution >= 4 is 54.7 Å². The lowest BCUT2D eigenvalue weighted by Crippen LogP contribution is -2.16. The number of hydrogen-bond acceptors (Lipinski definition) is 7. The number of nitrogens with two attached hydrogens (primary N) is 1. The summed E-state index contributed by atoms with van der Waals surface area (Å²) in [5.74, 6) is 0.0275. The van der Waals surface area contributed by atoms with E-state index in [9.17, 15) is 13.2 Å². The van der Waals surface area contributed by atoms with Crippen LogP contribution in [0.1, 0.15) is 33.0 Å². The summed E-state index contributed by atoms with van der Waals surface area (Å²) in [6.45, 7) is 0.678. The predicted molar refractivity (Wildman–Crippen MR) is 166 cm³/mol. The van der Waals surface area contributed by atoms with Gasteiger partial charge in [-0.3, -0.25) is 4.72 Å². The van der Waals surface area contributed by atoms with Crippen LogP contribution in [0.15, 0.2) is 89.9 Å². The van der Waals surface area contributed by atoms with E-state index in [-0.39, 0.29) is 12.4 Å². The number of hydrogen-bond donors (Lipinski definition) is 2. The quantitative estimate of drug-likeness (QED) is 0.204. The molecule has 0 atom stereocenters. The lowest BCUT2D eigenvalue weighted by molar-refractivity contribution is 0.0447. The Balaban J connectivity index is 1.40. The topological polar surface area (TPSA) is 121 Å². The van der Waals surface area contributed by atoms with Crippen LogP contribution in [0, 0.1) is 0 Å². The maximum atomic E-state index is 13.5. The van der Waals surface area contributed by atoms with Crippen molar-refractivity contribution in [2.75, 3.05) is 4.72 Å². The summed E-state index contributed by atoms with van der Waals surface area (Å²) < 4.78 is 38.2. The van der Waals surface area contributed by atoms with Crippen molar-refractivity contribution in [1.82, 2.24) is 14.1 Å². The van der Waals surface area contributed by atoms with Crippen molar-refractivity contribution in [1.29, 1.82) is 0 Å². The van der Waals surface area contributed by atoms with Gasteiger partial charge in [-0.05, 0) is 68.6 Å². The predicted octanol–water partition coefficient (Wildman–Crippen LogP) is 5.40. The number of sulfonamides is 1. The van der Waals surface area contributed by atoms with Gasteiger partial charge in [0.1, 0.15) is 18.1 Å². The lowest BCUT2D eigenvalue weighted by Gasteiger charge is -2.16. The van der Waals surface area contributed by atoms with Crippen LogP contribution in [0.2, 0.25) is 0 Å². The molecule has 6 aromatic rings. The Bertz CT molecular complexity index is 2010. The Kier molecular flexibility index (Phi) is 7.55. The highest BCUT2D eigenvalue weighted by molar-refractivity contribution is 7.91. The average Bonchev–Trinajstić information content (AvgIpc) is 3.71. The number of fused-ring (bicyclic) bond motifs is 2. The second-order valence-electron chi connectivity index (χ2n) is 10.1. The molecule has 3 N–H and O–H groups in total. The van der Waals surface area contributed by atoms with Gasteiger partial charge in [0, 0.05) is 49.1 Å². The van der Waals surface area contributed by atoms with Crippen molar-refractivity contribution in [3.8, 4) is 0 Å². The second kappa shape index (κ2) is 11.4. The maximum absolute atomic E-state index is 13.5. The molecule has 11 heteroatoms. The first kappa shape index (κ1) is 27.7. The van der Waals surface area contributed by atoms with E-state index in [1.807, 2.05) is 83.0 Å². The monoisotopic (exact) mass is 599 g/mol. The summed E-state index contributed by atoms with van der Waals surface area (Å²) in [6, 6.07) is 20.9. The fourth-order valence-corrected chi connectivity index (χ4v) is 7.01. The first-order valence-corrected chi connectivity index (χ1v) is 15.9. The molecule has 0 aliphatic heterocycles. The van der Waals surface area contributed by atoms with E-state index in [1.54, 1.807) is 23.0 Å². The van der Waals surface area contributed by atoms with Crippen LogP contribution in [-0.4, -0.2) is 28.5 Å². The van der Waals surface area contributed by atoms with Crippen LogP contribution in [0.4, 0.5) is 5.69 Å².